The molecule has 0 saturated carbocycles. The fourth-order valence-electron chi connectivity index (χ4n) is 3.62. The number of allylic oxidation sites excluding steroid dienone is 2. The van der Waals surface area contributed by atoms with E-state index in [9.17, 15) is 0 Å². The molecule has 0 aliphatic rings. The van der Waals surface area contributed by atoms with Gasteiger partial charge in [-0.2, -0.15) is 0 Å². The molecule has 0 amide bonds. The van der Waals surface area contributed by atoms with Crippen molar-refractivity contribution in [2.45, 2.75) is 90.4 Å². The molecule has 0 spiro atoms. The molecule has 2 aromatic rings. The predicted molar refractivity (Wildman–Crippen MR) is 118 cm³/mol. The van der Waals surface area contributed by atoms with Crippen molar-refractivity contribution in [1.82, 2.24) is 0 Å². The van der Waals surface area contributed by atoms with Gasteiger partial charge in [0, 0.05) is 0 Å². The van der Waals surface area contributed by atoms with E-state index in [2.05, 4.69) is 61.5 Å². The minimum Gasteiger partial charge on any atom is -0.0885 e. The lowest BCUT2D eigenvalue weighted by molar-refractivity contribution is 0.581. The van der Waals surface area contributed by atoms with Crippen LogP contribution in [-0.2, 0) is 6.42 Å². The van der Waals surface area contributed by atoms with Gasteiger partial charge in [0.15, 0.2) is 0 Å². The second kappa shape index (κ2) is 13.6. The molecule has 0 N–H and O–H groups in total. The molecular weight excluding hydrogens is 312 g/mol. The van der Waals surface area contributed by atoms with Gasteiger partial charge in [-0.25, -0.2) is 0 Å². The maximum Gasteiger partial charge on any atom is -0.0181 e. The molecule has 0 aromatic heterocycles. The SMILES string of the molecule is CCCCC/C=C/CCCCCCCCCc1ccc2ccccc2c1. The van der Waals surface area contributed by atoms with Gasteiger partial charge in [-0.1, -0.05) is 106 Å². The Morgan fingerprint density at radius 3 is 1.96 bits per heavy atom. The monoisotopic (exact) mass is 350 g/mol. The van der Waals surface area contributed by atoms with E-state index in [0.29, 0.717) is 0 Å². The quantitative estimate of drug-likeness (QED) is 0.236. The number of rotatable bonds is 14. The zero-order valence-electron chi connectivity index (χ0n) is 16.9. The summed E-state index contributed by atoms with van der Waals surface area (Å²) < 4.78 is 0. The van der Waals surface area contributed by atoms with Gasteiger partial charge in [-0.3, -0.25) is 0 Å². The van der Waals surface area contributed by atoms with E-state index < -0.39 is 0 Å². The molecule has 0 heteroatoms. The highest BCUT2D eigenvalue weighted by Crippen LogP contribution is 2.18. The van der Waals surface area contributed by atoms with Crippen molar-refractivity contribution < 1.29 is 0 Å². The lowest BCUT2D eigenvalue weighted by Crippen LogP contribution is -1.87. The molecule has 0 saturated heterocycles. The van der Waals surface area contributed by atoms with Crippen LogP contribution >= 0.6 is 0 Å². The zero-order valence-corrected chi connectivity index (χ0v) is 16.9. The molecule has 0 nitrogen and oxygen atoms in total. The van der Waals surface area contributed by atoms with Crippen molar-refractivity contribution in [3.05, 3.63) is 60.2 Å². The lowest BCUT2D eigenvalue weighted by atomic mass is 10.0. The number of unbranched alkanes of at least 4 members (excludes halogenated alkanes) is 10. The summed E-state index contributed by atoms with van der Waals surface area (Å²) in [6, 6.07) is 15.6. The Morgan fingerprint density at radius 2 is 1.23 bits per heavy atom. The van der Waals surface area contributed by atoms with E-state index in [1.165, 1.54) is 99.8 Å². The van der Waals surface area contributed by atoms with E-state index >= 15 is 0 Å². The lowest BCUT2D eigenvalue weighted by Gasteiger charge is -2.04. The van der Waals surface area contributed by atoms with Crippen LogP contribution in [0, 0.1) is 0 Å². The van der Waals surface area contributed by atoms with E-state index in [-0.39, 0.29) is 0 Å². The minimum atomic E-state index is 1.23. The second-order valence-corrected chi connectivity index (χ2v) is 7.66. The van der Waals surface area contributed by atoms with Gasteiger partial charge in [-0.05, 0) is 54.9 Å². The highest BCUT2D eigenvalue weighted by Gasteiger charge is 1.97. The summed E-state index contributed by atoms with van der Waals surface area (Å²) in [6.07, 6.45) is 22.4. The second-order valence-electron chi connectivity index (χ2n) is 7.66. The van der Waals surface area contributed by atoms with Crippen molar-refractivity contribution in [1.29, 1.82) is 0 Å². The number of benzene rings is 2. The Bertz CT molecular complexity index is 623. The van der Waals surface area contributed by atoms with E-state index in [1.54, 1.807) is 0 Å². The fourth-order valence-corrected chi connectivity index (χ4v) is 3.62. The van der Waals surface area contributed by atoms with Crippen LogP contribution in [0.4, 0.5) is 0 Å². The molecule has 26 heavy (non-hydrogen) atoms. The number of hydrogen-bond acceptors (Lipinski definition) is 0. The van der Waals surface area contributed by atoms with Crippen LogP contribution in [0.2, 0.25) is 0 Å². The van der Waals surface area contributed by atoms with Crippen LogP contribution in [-0.4, -0.2) is 0 Å². The van der Waals surface area contributed by atoms with E-state index in [4.69, 9.17) is 0 Å². The Morgan fingerprint density at radius 1 is 0.615 bits per heavy atom. The van der Waals surface area contributed by atoms with Gasteiger partial charge >= 0.3 is 0 Å². The molecule has 0 radical (unpaired) electrons. The van der Waals surface area contributed by atoms with Crippen molar-refractivity contribution in [2.24, 2.45) is 0 Å². The largest absolute Gasteiger partial charge is 0.0885 e. The molecule has 0 atom stereocenters. The first-order valence-electron chi connectivity index (χ1n) is 11.0. The molecule has 142 valence electrons. The number of hydrogen-bond donors (Lipinski definition) is 0. The third kappa shape index (κ3) is 8.70. The zero-order chi connectivity index (χ0) is 18.3. The van der Waals surface area contributed by atoms with E-state index in [1.807, 2.05) is 0 Å². The summed E-state index contributed by atoms with van der Waals surface area (Å²) in [5.41, 5.74) is 1.49. The maximum absolute atomic E-state index is 2.40. The summed E-state index contributed by atoms with van der Waals surface area (Å²) >= 11 is 0. The Labute approximate surface area is 161 Å². The first kappa shape index (κ1) is 20.7. The summed E-state index contributed by atoms with van der Waals surface area (Å²) in [7, 11) is 0. The van der Waals surface area contributed by atoms with Crippen LogP contribution in [0.3, 0.4) is 0 Å². The average Bonchev–Trinajstić information content (AvgIpc) is 2.68. The van der Waals surface area contributed by atoms with Crippen LogP contribution in [0.15, 0.2) is 54.6 Å². The molecule has 2 aromatic carbocycles. The topological polar surface area (TPSA) is 0 Å². The van der Waals surface area contributed by atoms with Crippen molar-refractivity contribution in [2.75, 3.05) is 0 Å². The van der Waals surface area contributed by atoms with Crippen molar-refractivity contribution in [3.63, 3.8) is 0 Å². The molecule has 0 fully saturated rings. The van der Waals surface area contributed by atoms with Crippen LogP contribution in [0.25, 0.3) is 10.8 Å². The van der Waals surface area contributed by atoms with E-state index in [0.717, 1.165) is 0 Å². The van der Waals surface area contributed by atoms with Crippen LogP contribution < -0.4 is 0 Å². The Kier molecular flexibility index (Phi) is 10.9. The van der Waals surface area contributed by atoms with Crippen LogP contribution in [0.1, 0.15) is 89.5 Å². The summed E-state index contributed by atoms with van der Waals surface area (Å²) in [5.74, 6) is 0. The summed E-state index contributed by atoms with van der Waals surface area (Å²) in [6.45, 7) is 2.27. The number of fused-ring (bicyclic) bond motifs is 1. The molecular formula is C26H38. The summed E-state index contributed by atoms with van der Waals surface area (Å²) in [5, 5.41) is 2.73. The average molecular weight is 351 g/mol. The standard InChI is InChI=1S/C26H38/c1-2-3-4-5-6-7-8-9-10-11-12-13-14-15-18-24-21-22-25-19-16-17-20-26(25)23-24/h6-7,16-17,19-23H,2-5,8-15,18H2,1H3/b7-6+. The highest BCUT2D eigenvalue weighted by molar-refractivity contribution is 5.82. The third-order valence-electron chi connectivity index (χ3n) is 5.29. The van der Waals surface area contributed by atoms with Crippen molar-refractivity contribution in [3.8, 4) is 0 Å². The maximum atomic E-state index is 2.40. The first-order chi connectivity index (χ1) is 12.9. The predicted octanol–water partition coefficient (Wildman–Crippen LogP) is 8.64. The summed E-state index contributed by atoms with van der Waals surface area (Å²) in [4.78, 5) is 0. The van der Waals surface area contributed by atoms with Gasteiger partial charge in [0.25, 0.3) is 0 Å². The van der Waals surface area contributed by atoms with Gasteiger partial charge in [0.05, 0.1) is 0 Å². The molecule has 2 rings (SSSR count). The van der Waals surface area contributed by atoms with Gasteiger partial charge in [0.2, 0.25) is 0 Å². The molecule has 0 unspecified atom stereocenters. The molecule has 0 heterocycles. The number of aryl methyl sites for hydroxylation is 1. The minimum absolute atomic E-state index is 1.23. The molecule has 0 aliphatic heterocycles. The molecule has 0 bridgehead atoms. The van der Waals surface area contributed by atoms with Gasteiger partial charge in [0.1, 0.15) is 0 Å². The van der Waals surface area contributed by atoms with Crippen LogP contribution in [0.5, 0.6) is 0 Å². The Balaban J connectivity index is 1.43. The Hall–Kier alpha value is -1.56. The smallest absolute Gasteiger partial charge is 0.0181 e. The normalized spacial score (nSPS) is 11.6. The fraction of sp³-hybridized carbons (Fsp3) is 0.538. The van der Waals surface area contributed by atoms with Gasteiger partial charge < -0.3 is 0 Å². The first-order valence-corrected chi connectivity index (χ1v) is 11.0. The highest BCUT2D eigenvalue weighted by atomic mass is 14.0. The van der Waals surface area contributed by atoms with Gasteiger partial charge in [-0.15, -0.1) is 0 Å². The molecule has 0 aliphatic carbocycles. The third-order valence-corrected chi connectivity index (χ3v) is 5.29. The van der Waals surface area contributed by atoms with Crippen molar-refractivity contribution >= 4 is 10.8 Å².